The lowest BCUT2D eigenvalue weighted by Crippen LogP contribution is -2.40. The molecule has 1 aliphatic rings. The second kappa shape index (κ2) is 5.37. The number of likely N-dealkylation sites (tertiary alicyclic amines) is 1. The van der Waals surface area contributed by atoms with E-state index in [4.69, 9.17) is 0 Å². The largest absolute Gasteiger partial charge is 0.388 e. The Labute approximate surface area is 124 Å². The predicted molar refractivity (Wildman–Crippen MR) is 83.0 cm³/mol. The summed E-state index contributed by atoms with van der Waals surface area (Å²) in [5, 5.41) is 15.2. The fourth-order valence-electron chi connectivity index (χ4n) is 2.85. The van der Waals surface area contributed by atoms with E-state index in [9.17, 15) is 9.90 Å². The molecular formula is C17H20N2O2. The van der Waals surface area contributed by atoms with Crippen molar-refractivity contribution in [3.63, 3.8) is 0 Å². The number of benzene rings is 2. The molecule has 3 rings (SSSR count). The summed E-state index contributed by atoms with van der Waals surface area (Å²) in [4.78, 5) is 13.8. The van der Waals surface area contributed by atoms with Gasteiger partial charge in [-0.05, 0) is 29.7 Å². The second-order valence-corrected chi connectivity index (χ2v) is 5.97. The highest BCUT2D eigenvalue weighted by Gasteiger charge is 2.33. The van der Waals surface area contributed by atoms with Crippen molar-refractivity contribution in [2.45, 2.75) is 25.5 Å². The number of fused-ring (bicyclic) bond motifs is 1. The Morgan fingerprint density at radius 2 is 2.05 bits per heavy atom. The van der Waals surface area contributed by atoms with Crippen molar-refractivity contribution in [2.75, 3.05) is 13.1 Å². The van der Waals surface area contributed by atoms with E-state index in [0.717, 1.165) is 10.9 Å². The maximum Gasteiger partial charge on any atom is 0.317 e. The van der Waals surface area contributed by atoms with Crippen LogP contribution in [-0.2, 0) is 6.54 Å². The first-order valence-corrected chi connectivity index (χ1v) is 7.27. The molecule has 1 aliphatic heterocycles. The third kappa shape index (κ3) is 3.00. The molecule has 1 heterocycles. The normalized spacial score (nSPS) is 21.7. The van der Waals surface area contributed by atoms with Crippen LogP contribution in [0, 0.1) is 0 Å². The van der Waals surface area contributed by atoms with Gasteiger partial charge in [-0.1, -0.05) is 42.5 Å². The van der Waals surface area contributed by atoms with E-state index in [1.165, 1.54) is 5.39 Å². The van der Waals surface area contributed by atoms with Crippen molar-refractivity contribution in [2.24, 2.45) is 0 Å². The number of β-amino-alcohol motifs (C(OH)–C–C–N with tert-alkyl or cyclic N) is 1. The molecule has 2 aromatic carbocycles. The molecule has 2 aromatic rings. The van der Waals surface area contributed by atoms with Gasteiger partial charge in [-0.3, -0.25) is 0 Å². The standard InChI is InChI=1S/C17H20N2O2/c1-17(21)9-10-19(12-17)16(20)18-11-14-7-4-6-13-5-2-3-8-15(13)14/h2-8,21H,9-12H2,1H3,(H,18,20)/t17-/m1/s1. The minimum absolute atomic E-state index is 0.110. The van der Waals surface area contributed by atoms with Crippen molar-refractivity contribution in [3.05, 3.63) is 48.0 Å². The van der Waals surface area contributed by atoms with Crippen LogP contribution in [0.15, 0.2) is 42.5 Å². The summed E-state index contributed by atoms with van der Waals surface area (Å²) in [6.07, 6.45) is 0.634. The molecule has 2 N–H and O–H groups in total. The topological polar surface area (TPSA) is 52.6 Å². The van der Waals surface area contributed by atoms with Crippen LogP contribution >= 0.6 is 0 Å². The zero-order valence-corrected chi connectivity index (χ0v) is 12.2. The second-order valence-electron chi connectivity index (χ2n) is 5.97. The predicted octanol–water partition coefficient (Wildman–Crippen LogP) is 2.51. The van der Waals surface area contributed by atoms with Crippen LogP contribution in [0.5, 0.6) is 0 Å². The van der Waals surface area contributed by atoms with E-state index in [1.54, 1.807) is 11.8 Å². The molecule has 0 saturated carbocycles. The maximum absolute atomic E-state index is 12.1. The summed E-state index contributed by atoms with van der Waals surface area (Å²) >= 11 is 0. The third-order valence-corrected chi connectivity index (χ3v) is 4.05. The Morgan fingerprint density at radius 1 is 1.29 bits per heavy atom. The van der Waals surface area contributed by atoms with Gasteiger partial charge in [0, 0.05) is 13.1 Å². The van der Waals surface area contributed by atoms with E-state index < -0.39 is 5.60 Å². The van der Waals surface area contributed by atoms with Gasteiger partial charge >= 0.3 is 6.03 Å². The monoisotopic (exact) mass is 284 g/mol. The van der Waals surface area contributed by atoms with Gasteiger partial charge in [0.1, 0.15) is 0 Å². The van der Waals surface area contributed by atoms with Gasteiger partial charge in [-0.15, -0.1) is 0 Å². The first-order chi connectivity index (χ1) is 10.1. The quantitative estimate of drug-likeness (QED) is 0.890. The molecule has 21 heavy (non-hydrogen) atoms. The molecule has 0 aromatic heterocycles. The molecule has 4 nitrogen and oxygen atoms in total. The number of carbonyl (C=O) groups excluding carboxylic acids is 1. The van der Waals surface area contributed by atoms with E-state index in [-0.39, 0.29) is 6.03 Å². The molecule has 2 amide bonds. The number of aliphatic hydroxyl groups is 1. The summed E-state index contributed by atoms with van der Waals surface area (Å²) in [6.45, 7) is 3.27. The molecule has 1 fully saturated rings. The highest BCUT2D eigenvalue weighted by Crippen LogP contribution is 2.21. The lowest BCUT2D eigenvalue weighted by molar-refractivity contribution is 0.0719. The Bertz CT molecular complexity index is 661. The van der Waals surface area contributed by atoms with Gasteiger partial charge < -0.3 is 15.3 Å². The highest BCUT2D eigenvalue weighted by molar-refractivity contribution is 5.86. The summed E-state index contributed by atoms with van der Waals surface area (Å²) in [7, 11) is 0. The average molecular weight is 284 g/mol. The molecule has 0 spiro atoms. The van der Waals surface area contributed by atoms with Crippen molar-refractivity contribution >= 4 is 16.8 Å². The maximum atomic E-state index is 12.1. The van der Waals surface area contributed by atoms with Gasteiger partial charge in [0.15, 0.2) is 0 Å². The van der Waals surface area contributed by atoms with Gasteiger partial charge in [0.05, 0.1) is 12.1 Å². The van der Waals surface area contributed by atoms with E-state index in [0.29, 0.717) is 26.1 Å². The van der Waals surface area contributed by atoms with Crippen molar-refractivity contribution < 1.29 is 9.90 Å². The van der Waals surface area contributed by atoms with Crippen LogP contribution in [0.4, 0.5) is 4.79 Å². The van der Waals surface area contributed by atoms with Crippen molar-refractivity contribution in [3.8, 4) is 0 Å². The van der Waals surface area contributed by atoms with E-state index >= 15 is 0 Å². The molecular weight excluding hydrogens is 264 g/mol. The summed E-state index contributed by atoms with van der Waals surface area (Å²) in [5.41, 5.74) is 0.351. The number of nitrogens with zero attached hydrogens (tertiary/aromatic N) is 1. The number of amides is 2. The molecule has 1 saturated heterocycles. The van der Waals surface area contributed by atoms with Crippen LogP contribution in [-0.4, -0.2) is 34.7 Å². The number of carbonyl (C=O) groups is 1. The van der Waals surface area contributed by atoms with Gasteiger partial charge in [-0.2, -0.15) is 0 Å². The van der Waals surface area contributed by atoms with Gasteiger partial charge in [0.2, 0.25) is 0 Å². The Balaban J connectivity index is 1.68. The minimum atomic E-state index is -0.753. The van der Waals surface area contributed by atoms with Crippen LogP contribution in [0.2, 0.25) is 0 Å². The van der Waals surface area contributed by atoms with Crippen molar-refractivity contribution in [1.82, 2.24) is 10.2 Å². The molecule has 0 unspecified atom stereocenters. The van der Waals surface area contributed by atoms with Gasteiger partial charge in [-0.25, -0.2) is 4.79 Å². The van der Waals surface area contributed by atoms with Crippen LogP contribution < -0.4 is 5.32 Å². The first kappa shape index (κ1) is 13.9. The molecule has 0 aliphatic carbocycles. The number of nitrogens with one attached hydrogen (secondary N) is 1. The van der Waals surface area contributed by atoms with E-state index in [2.05, 4.69) is 23.5 Å². The number of hydrogen-bond acceptors (Lipinski definition) is 2. The van der Waals surface area contributed by atoms with Crippen LogP contribution in [0.25, 0.3) is 10.8 Å². The van der Waals surface area contributed by atoms with Crippen molar-refractivity contribution in [1.29, 1.82) is 0 Å². The first-order valence-electron chi connectivity index (χ1n) is 7.27. The molecule has 0 radical (unpaired) electrons. The van der Waals surface area contributed by atoms with E-state index in [1.807, 2.05) is 24.3 Å². The Hall–Kier alpha value is -2.07. The molecule has 4 heteroatoms. The van der Waals surface area contributed by atoms with Crippen LogP contribution in [0.1, 0.15) is 18.9 Å². The summed E-state index contributed by atoms with van der Waals surface area (Å²) in [5.74, 6) is 0. The fourth-order valence-corrected chi connectivity index (χ4v) is 2.85. The highest BCUT2D eigenvalue weighted by atomic mass is 16.3. The smallest absolute Gasteiger partial charge is 0.317 e. The molecule has 1 atom stereocenters. The zero-order valence-electron chi connectivity index (χ0n) is 12.2. The third-order valence-electron chi connectivity index (χ3n) is 4.05. The zero-order chi connectivity index (χ0) is 14.9. The summed E-state index contributed by atoms with van der Waals surface area (Å²) < 4.78 is 0. The number of hydrogen-bond donors (Lipinski definition) is 2. The fraction of sp³-hybridized carbons (Fsp3) is 0.353. The molecule has 0 bridgehead atoms. The van der Waals surface area contributed by atoms with Gasteiger partial charge in [0.25, 0.3) is 0 Å². The number of rotatable bonds is 2. The molecule has 110 valence electrons. The lowest BCUT2D eigenvalue weighted by Gasteiger charge is -2.19. The number of urea groups is 1. The van der Waals surface area contributed by atoms with Crippen LogP contribution in [0.3, 0.4) is 0 Å². The average Bonchev–Trinajstić information content (AvgIpc) is 2.85. The SMILES string of the molecule is C[C@@]1(O)CCN(C(=O)NCc2cccc3ccccc23)C1. The lowest BCUT2D eigenvalue weighted by atomic mass is 10.0. The summed E-state index contributed by atoms with van der Waals surface area (Å²) in [6, 6.07) is 14.1. The minimum Gasteiger partial charge on any atom is -0.388 e. The Kier molecular flexibility index (Phi) is 3.55. The Morgan fingerprint density at radius 3 is 2.81 bits per heavy atom.